The van der Waals surface area contributed by atoms with Crippen LogP contribution in [0.1, 0.15) is 31.8 Å². The van der Waals surface area contributed by atoms with Gasteiger partial charge < -0.3 is 0 Å². The van der Waals surface area contributed by atoms with E-state index in [0.717, 1.165) is 16.7 Å². The third-order valence-corrected chi connectivity index (χ3v) is 6.45. The fourth-order valence-electron chi connectivity index (χ4n) is 4.81. The van der Waals surface area contributed by atoms with E-state index in [-0.39, 0.29) is 34.6 Å². The van der Waals surface area contributed by atoms with Gasteiger partial charge in [-0.2, -0.15) is 0 Å². The Kier molecular flexibility index (Phi) is 4.19. The molecule has 178 valence electrons. The van der Waals surface area contributed by atoms with Gasteiger partial charge in [-0.25, -0.2) is 4.68 Å². The number of hydrogen-bond donors (Lipinski definition) is 0. The lowest BCUT2D eigenvalue weighted by Crippen LogP contribution is -2.39. The highest BCUT2D eigenvalue weighted by molar-refractivity contribution is 5.81. The molecule has 1 aromatic heterocycles. The first-order valence-electron chi connectivity index (χ1n) is 15.3. The first kappa shape index (κ1) is 16.0. The van der Waals surface area contributed by atoms with Gasteiger partial charge in [0.2, 0.25) is 0 Å². The summed E-state index contributed by atoms with van der Waals surface area (Å²) in [5.41, 5.74) is 2.11. The number of rotatable bonds is 6. The van der Waals surface area contributed by atoms with Crippen molar-refractivity contribution in [2.24, 2.45) is 0 Å². The highest BCUT2D eigenvalue weighted by atomic mass is 15.6. The van der Waals surface area contributed by atoms with E-state index in [1.54, 1.807) is 16.8 Å². The minimum Gasteiger partial charge on any atom is -0.205 e. The summed E-state index contributed by atoms with van der Waals surface area (Å²) >= 11 is 0. The molecule has 37 heavy (non-hydrogen) atoms. The fraction of sp³-hybridized carbons (Fsp3) is 0.0606. The largest absolute Gasteiger partial charge is 0.205 e. The van der Waals surface area contributed by atoms with Crippen LogP contribution in [0.3, 0.4) is 0 Å². The zero-order valence-electron chi connectivity index (χ0n) is 26.8. The standard InChI is InChI=1S/C33H26N4/c1-25-21-23-26(24-22-25)30-19-11-12-20-31(30)32-34-35-36-37(32)33(27-13-5-2-6-14-27,28-15-7-3-8-16-28)29-17-9-4-10-18-29/h2-24H,1H3/i1D3,11D,12D,19D,20D. The van der Waals surface area contributed by atoms with Gasteiger partial charge in [0, 0.05) is 9.68 Å². The molecule has 0 unspecified atom stereocenters. The lowest BCUT2D eigenvalue weighted by atomic mass is 9.77. The van der Waals surface area contributed by atoms with Gasteiger partial charge in [0.05, 0.1) is 5.48 Å². The number of benzene rings is 5. The second-order valence-electron chi connectivity index (χ2n) is 8.55. The minimum atomic E-state index is -2.33. The lowest BCUT2D eigenvalue weighted by Gasteiger charge is -2.36. The first-order chi connectivity index (χ1) is 21.2. The third kappa shape index (κ3) is 3.93. The quantitative estimate of drug-likeness (QED) is 0.235. The molecule has 0 spiro atoms. The SMILES string of the molecule is [2H]c1c([2H])c([2H])c(-c2nnnn2C(c2ccccc2)(c2ccccc2)c2ccccc2)c(-c2ccc(C([2H])([2H])[2H])cc2)c1[2H]. The van der Waals surface area contributed by atoms with Gasteiger partial charge in [0.25, 0.3) is 0 Å². The molecule has 6 aromatic rings. The number of aromatic nitrogens is 4. The van der Waals surface area contributed by atoms with Crippen LogP contribution in [0.15, 0.2) is 139 Å². The summed E-state index contributed by atoms with van der Waals surface area (Å²) in [6.07, 6.45) is 0. The van der Waals surface area contributed by atoms with Crippen LogP contribution < -0.4 is 0 Å². The Morgan fingerprint density at radius 2 is 1.16 bits per heavy atom. The van der Waals surface area contributed by atoms with Gasteiger partial charge in [0.1, 0.15) is 5.54 Å². The van der Waals surface area contributed by atoms with Crippen molar-refractivity contribution in [3.63, 3.8) is 0 Å². The summed E-state index contributed by atoms with van der Waals surface area (Å²) in [7, 11) is 0. The summed E-state index contributed by atoms with van der Waals surface area (Å²) in [4.78, 5) is 0. The summed E-state index contributed by atoms with van der Waals surface area (Å²) in [6.45, 7) is -2.33. The monoisotopic (exact) mass is 485 g/mol. The zero-order valence-corrected chi connectivity index (χ0v) is 19.8. The first-order valence-corrected chi connectivity index (χ1v) is 11.8. The summed E-state index contributed by atoms with van der Waals surface area (Å²) in [5.74, 6) is 0.114. The molecule has 0 radical (unpaired) electrons. The Morgan fingerprint density at radius 3 is 1.68 bits per heavy atom. The maximum absolute atomic E-state index is 9.07. The summed E-state index contributed by atoms with van der Waals surface area (Å²) in [5, 5.41) is 13.0. The lowest BCUT2D eigenvalue weighted by molar-refractivity contribution is 0.451. The van der Waals surface area contributed by atoms with Crippen LogP contribution in [-0.2, 0) is 5.54 Å². The Labute approximate surface area is 226 Å². The van der Waals surface area contributed by atoms with Crippen molar-refractivity contribution < 1.29 is 9.60 Å². The van der Waals surface area contributed by atoms with E-state index in [1.807, 2.05) is 91.0 Å². The molecular formula is C33H26N4. The molecule has 0 atom stereocenters. The molecule has 0 N–H and O–H groups in total. The highest BCUT2D eigenvalue weighted by Crippen LogP contribution is 2.43. The van der Waals surface area contributed by atoms with Gasteiger partial charge >= 0.3 is 0 Å². The van der Waals surface area contributed by atoms with Crippen molar-refractivity contribution in [3.05, 3.63) is 162 Å². The topological polar surface area (TPSA) is 43.6 Å². The van der Waals surface area contributed by atoms with Gasteiger partial charge in [-0.05, 0) is 45.1 Å². The molecule has 4 heteroatoms. The van der Waals surface area contributed by atoms with E-state index in [4.69, 9.17) is 9.60 Å². The average Bonchev–Trinajstić information content (AvgIpc) is 3.53. The highest BCUT2D eigenvalue weighted by Gasteiger charge is 2.42. The van der Waals surface area contributed by atoms with Crippen molar-refractivity contribution in [2.45, 2.75) is 12.4 Å². The Hall–Kier alpha value is -4.83. The van der Waals surface area contributed by atoms with Crippen LogP contribution in [0.5, 0.6) is 0 Å². The number of nitrogens with zero attached hydrogens (tertiary/aromatic N) is 4. The van der Waals surface area contributed by atoms with Crippen molar-refractivity contribution in [3.8, 4) is 22.5 Å². The van der Waals surface area contributed by atoms with Crippen molar-refractivity contribution in [1.29, 1.82) is 0 Å². The number of tetrazole rings is 1. The van der Waals surface area contributed by atoms with Crippen LogP contribution in [0.25, 0.3) is 22.5 Å². The van der Waals surface area contributed by atoms with E-state index in [1.165, 1.54) is 12.1 Å². The molecule has 0 saturated carbocycles. The second-order valence-corrected chi connectivity index (χ2v) is 8.55. The van der Waals surface area contributed by atoms with Crippen LogP contribution >= 0.6 is 0 Å². The molecule has 0 bridgehead atoms. The predicted octanol–water partition coefficient (Wildman–Crippen LogP) is 7.16. The second kappa shape index (κ2) is 9.67. The Bertz CT molecular complexity index is 1830. The molecular weight excluding hydrogens is 452 g/mol. The molecule has 4 nitrogen and oxygen atoms in total. The normalized spacial score (nSPS) is 14.4. The molecule has 0 fully saturated rings. The van der Waals surface area contributed by atoms with E-state index >= 15 is 0 Å². The molecule has 0 saturated heterocycles. The third-order valence-electron chi connectivity index (χ3n) is 6.45. The van der Waals surface area contributed by atoms with Gasteiger partial charge in [-0.1, -0.05) is 145 Å². The molecule has 0 amide bonds. The molecule has 6 rings (SSSR count). The number of hydrogen-bond acceptors (Lipinski definition) is 3. The zero-order chi connectivity index (χ0) is 31.1. The van der Waals surface area contributed by atoms with Crippen molar-refractivity contribution in [2.75, 3.05) is 0 Å². The van der Waals surface area contributed by atoms with Crippen molar-refractivity contribution in [1.82, 2.24) is 20.2 Å². The smallest absolute Gasteiger partial charge is 0.184 e. The fourth-order valence-corrected chi connectivity index (χ4v) is 4.81. The predicted molar refractivity (Wildman–Crippen MR) is 148 cm³/mol. The van der Waals surface area contributed by atoms with Crippen LogP contribution in [0.2, 0.25) is 0 Å². The van der Waals surface area contributed by atoms with Crippen LogP contribution in [0, 0.1) is 6.85 Å². The summed E-state index contributed by atoms with van der Waals surface area (Å²) < 4.78 is 60.0. The van der Waals surface area contributed by atoms with E-state index in [9.17, 15) is 0 Å². The Balaban J connectivity index is 1.73. The summed E-state index contributed by atoms with van der Waals surface area (Å²) in [6, 6.07) is 33.6. The van der Waals surface area contributed by atoms with Crippen molar-refractivity contribution >= 4 is 0 Å². The maximum Gasteiger partial charge on any atom is 0.184 e. The van der Waals surface area contributed by atoms with Crippen LogP contribution in [-0.4, -0.2) is 20.2 Å². The molecule has 5 aromatic carbocycles. The average molecular weight is 486 g/mol. The maximum atomic E-state index is 9.07. The van der Waals surface area contributed by atoms with E-state index in [0.29, 0.717) is 5.56 Å². The van der Waals surface area contributed by atoms with Gasteiger partial charge in [0.15, 0.2) is 5.82 Å². The molecule has 1 heterocycles. The molecule has 0 aliphatic rings. The minimum absolute atomic E-state index is 0.0924. The van der Waals surface area contributed by atoms with Gasteiger partial charge in [-0.3, -0.25) is 0 Å². The molecule has 0 aliphatic heterocycles. The van der Waals surface area contributed by atoms with Gasteiger partial charge in [-0.15, -0.1) is 5.10 Å². The number of aryl methyl sites for hydroxylation is 1. The van der Waals surface area contributed by atoms with E-state index in [2.05, 4.69) is 15.5 Å². The van der Waals surface area contributed by atoms with Crippen LogP contribution in [0.4, 0.5) is 0 Å². The Morgan fingerprint density at radius 1 is 0.649 bits per heavy atom. The van der Waals surface area contributed by atoms with E-state index < -0.39 is 24.5 Å². The molecule has 0 aliphatic carbocycles.